The van der Waals surface area contributed by atoms with Crippen LogP contribution in [0.25, 0.3) is 0 Å². The second kappa shape index (κ2) is 8.28. The molecule has 0 aliphatic carbocycles. The van der Waals surface area contributed by atoms with E-state index < -0.39 is 0 Å². The highest BCUT2D eigenvalue weighted by molar-refractivity contribution is 6.40. The quantitative estimate of drug-likeness (QED) is 0.640. The van der Waals surface area contributed by atoms with Gasteiger partial charge in [0.05, 0.1) is 11.4 Å². The van der Waals surface area contributed by atoms with Crippen molar-refractivity contribution in [3.8, 4) is 0 Å². The Hall–Kier alpha value is -3.42. The molecule has 2 amide bonds. The first-order chi connectivity index (χ1) is 11.6. The summed E-state index contributed by atoms with van der Waals surface area (Å²) in [5.41, 5.74) is 6.66. The third-order valence-electron chi connectivity index (χ3n) is 3.06. The number of aromatic nitrogens is 2. The van der Waals surface area contributed by atoms with Crippen LogP contribution in [-0.4, -0.2) is 33.2 Å². The molecule has 0 aliphatic heterocycles. The molecular formula is C16H16N6O2. The Morgan fingerprint density at radius 3 is 1.42 bits per heavy atom. The van der Waals surface area contributed by atoms with E-state index in [-0.39, 0.29) is 11.8 Å². The SMILES string of the molecule is CC(=N\NC(=O)c1ccncc1)/C(C)=N/NC(=O)c1ccncc1. The van der Waals surface area contributed by atoms with Gasteiger partial charge < -0.3 is 0 Å². The van der Waals surface area contributed by atoms with E-state index in [0.29, 0.717) is 22.6 Å². The minimum atomic E-state index is -0.356. The number of nitrogens with one attached hydrogen (secondary N) is 2. The van der Waals surface area contributed by atoms with E-state index in [4.69, 9.17) is 0 Å². The first-order valence-electron chi connectivity index (χ1n) is 7.07. The first-order valence-corrected chi connectivity index (χ1v) is 7.07. The fourth-order valence-electron chi connectivity index (χ4n) is 1.57. The van der Waals surface area contributed by atoms with E-state index in [2.05, 4.69) is 31.0 Å². The molecule has 0 saturated heterocycles. The lowest BCUT2D eigenvalue weighted by atomic mass is 10.2. The van der Waals surface area contributed by atoms with Gasteiger partial charge in [-0.1, -0.05) is 0 Å². The van der Waals surface area contributed by atoms with Gasteiger partial charge in [-0.25, -0.2) is 10.9 Å². The molecule has 0 unspecified atom stereocenters. The maximum absolute atomic E-state index is 11.9. The molecule has 2 aromatic heterocycles. The molecule has 2 heterocycles. The smallest absolute Gasteiger partial charge is 0.267 e. The van der Waals surface area contributed by atoms with Gasteiger partial charge in [0.15, 0.2) is 0 Å². The summed E-state index contributed by atoms with van der Waals surface area (Å²) in [7, 11) is 0. The molecule has 0 radical (unpaired) electrons. The van der Waals surface area contributed by atoms with Gasteiger partial charge in [0.1, 0.15) is 0 Å². The molecule has 0 aliphatic rings. The van der Waals surface area contributed by atoms with Gasteiger partial charge in [-0.15, -0.1) is 0 Å². The van der Waals surface area contributed by atoms with Crippen LogP contribution in [0.15, 0.2) is 59.3 Å². The average molecular weight is 324 g/mol. The summed E-state index contributed by atoms with van der Waals surface area (Å²) in [6.07, 6.45) is 6.08. The van der Waals surface area contributed by atoms with E-state index in [1.165, 1.54) is 24.8 Å². The molecule has 122 valence electrons. The number of amides is 2. The van der Waals surface area contributed by atoms with Crippen molar-refractivity contribution in [1.82, 2.24) is 20.8 Å². The Morgan fingerprint density at radius 2 is 1.08 bits per heavy atom. The topological polar surface area (TPSA) is 109 Å². The van der Waals surface area contributed by atoms with Gasteiger partial charge in [0.25, 0.3) is 11.8 Å². The average Bonchev–Trinajstić information content (AvgIpc) is 2.64. The van der Waals surface area contributed by atoms with Gasteiger partial charge in [-0.2, -0.15) is 10.2 Å². The number of rotatable bonds is 5. The highest BCUT2D eigenvalue weighted by Gasteiger charge is 2.06. The third kappa shape index (κ3) is 4.80. The predicted molar refractivity (Wildman–Crippen MR) is 89.6 cm³/mol. The van der Waals surface area contributed by atoms with Crippen LogP contribution in [0.3, 0.4) is 0 Å². The number of pyridine rings is 2. The van der Waals surface area contributed by atoms with Crippen molar-refractivity contribution in [3.63, 3.8) is 0 Å². The van der Waals surface area contributed by atoms with Crippen LogP contribution in [0, 0.1) is 0 Å². The first kappa shape index (κ1) is 16.9. The Balaban J connectivity index is 1.94. The molecule has 0 aromatic carbocycles. The minimum Gasteiger partial charge on any atom is -0.267 e. The summed E-state index contributed by atoms with van der Waals surface area (Å²) >= 11 is 0. The molecule has 0 saturated carbocycles. The zero-order valence-electron chi connectivity index (χ0n) is 13.2. The molecule has 2 aromatic rings. The molecule has 8 heteroatoms. The molecule has 0 atom stereocenters. The van der Waals surface area contributed by atoms with Crippen LogP contribution in [0.5, 0.6) is 0 Å². The maximum atomic E-state index is 11.9. The van der Waals surface area contributed by atoms with Crippen LogP contribution >= 0.6 is 0 Å². The summed E-state index contributed by atoms with van der Waals surface area (Å²) in [4.78, 5) is 31.4. The number of carbonyl (C=O) groups is 2. The standard InChI is InChI=1S/C16H16N6O2/c1-11(19-21-15(23)13-3-7-17-8-4-13)12(2)20-22-16(24)14-5-9-18-10-6-14/h3-10H,1-2H3,(H,21,23)(H,22,24)/b19-11+,20-12+. The molecule has 24 heavy (non-hydrogen) atoms. The van der Waals surface area contributed by atoms with Crippen LogP contribution in [-0.2, 0) is 0 Å². The fourth-order valence-corrected chi connectivity index (χ4v) is 1.57. The van der Waals surface area contributed by atoms with Gasteiger partial charge in [0, 0.05) is 35.9 Å². The lowest BCUT2D eigenvalue weighted by Gasteiger charge is -2.03. The summed E-state index contributed by atoms with van der Waals surface area (Å²) in [5, 5.41) is 7.91. The van der Waals surface area contributed by atoms with Crippen LogP contribution < -0.4 is 10.9 Å². The maximum Gasteiger partial charge on any atom is 0.271 e. The zero-order valence-corrected chi connectivity index (χ0v) is 13.2. The van der Waals surface area contributed by atoms with Crippen LogP contribution in [0.4, 0.5) is 0 Å². The Kier molecular flexibility index (Phi) is 5.84. The summed E-state index contributed by atoms with van der Waals surface area (Å²) < 4.78 is 0. The van der Waals surface area contributed by atoms with Crippen molar-refractivity contribution in [2.75, 3.05) is 0 Å². The fraction of sp³-hybridized carbons (Fsp3) is 0.125. The largest absolute Gasteiger partial charge is 0.271 e. The zero-order chi connectivity index (χ0) is 17.4. The number of hydrogen-bond acceptors (Lipinski definition) is 6. The second-order valence-corrected chi connectivity index (χ2v) is 4.75. The lowest BCUT2D eigenvalue weighted by Crippen LogP contribution is -2.24. The van der Waals surface area contributed by atoms with Gasteiger partial charge >= 0.3 is 0 Å². The van der Waals surface area contributed by atoms with Crippen molar-refractivity contribution in [2.24, 2.45) is 10.2 Å². The molecule has 0 spiro atoms. The highest BCUT2D eigenvalue weighted by Crippen LogP contribution is 1.97. The van der Waals surface area contributed by atoms with E-state index in [0.717, 1.165) is 0 Å². The lowest BCUT2D eigenvalue weighted by molar-refractivity contribution is 0.0946. The van der Waals surface area contributed by atoms with E-state index >= 15 is 0 Å². The Labute approximate surface area is 138 Å². The van der Waals surface area contributed by atoms with Crippen LogP contribution in [0.1, 0.15) is 34.6 Å². The molecule has 2 rings (SSSR count). The Morgan fingerprint density at radius 1 is 0.750 bits per heavy atom. The van der Waals surface area contributed by atoms with E-state index in [9.17, 15) is 9.59 Å². The van der Waals surface area contributed by atoms with Crippen molar-refractivity contribution < 1.29 is 9.59 Å². The van der Waals surface area contributed by atoms with Crippen molar-refractivity contribution in [3.05, 3.63) is 60.2 Å². The third-order valence-corrected chi connectivity index (χ3v) is 3.06. The monoisotopic (exact) mass is 324 g/mol. The van der Waals surface area contributed by atoms with Crippen LogP contribution in [0.2, 0.25) is 0 Å². The van der Waals surface area contributed by atoms with Crippen molar-refractivity contribution in [2.45, 2.75) is 13.8 Å². The number of carbonyl (C=O) groups excluding carboxylic acids is 2. The Bertz CT molecular complexity index is 704. The molecule has 0 fully saturated rings. The molecule has 8 nitrogen and oxygen atoms in total. The molecular weight excluding hydrogens is 308 g/mol. The van der Waals surface area contributed by atoms with Crippen molar-refractivity contribution >= 4 is 23.2 Å². The number of hydrogen-bond donors (Lipinski definition) is 2. The number of nitrogens with zero attached hydrogens (tertiary/aromatic N) is 4. The predicted octanol–water partition coefficient (Wildman–Crippen LogP) is 1.39. The van der Waals surface area contributed by atoms with Gasteiger partial charge in [-0.3, -0.25) is 19.6 Å². The van der Waals surface area contributed by atoms with E-state index in [1.54, 1.807) is 38.1 Å². The van der Waals surface area contributed by atoms with Gasteiger partial charge in [0.2, 0.25) is 0 Å². The normalized spacial score (nSPS) is 11.8. The van der Waals surface area contributed by atoms with E-state index in [1.807, 2.05) is 0 Å². The minimum absolute atomic E-state index is 0.356. The number of hydrazone groups is 2. The molecule has 0 bridgehead atoms. The van der Waals surface area contributed by atoms with Crippen molar-refractivity contribution in [1.29, 1.82) is 0 Å². The highest BCUT2D eigenvalue weighted by atomic mass is 16.2. The summed E-state index contributed by atoms with van der Waals surface area (Å²) in [6, 6.07) is 6.32. The summed E-state index contributed by atoms with van der Waals surface area (Å²) in [5.74, 6) is -0.712. The second-order valence-electron chi connectivity index (χ2n) is 4.75. The summed E-state index contributed by atoms with van der Waals surface area (Å²) in [6.45, 7) is 3.34. The van der Waals surface area contributed by atoms with Gasteiger partial charge in [-0.05, 0) is 38.1 Å². The molecule has 2 N–H and O–H groups in total.